The van der Waals surface area contributed by atoms with Gasteiger partial charge in [-0.3, -0.25) is 10.1 Å². The highest BCUT2D eigenvalue weighted by Crippen LogP contribution is 2.40. The molecule has 0 saturated heterocycles. The molecule has 23 heavy (non-hydrogen) atoms. The second-order valence-corrected chi connectivity index (χ2v) is 5.61. The third kappa shape index (κ3) is 2.00. The van der Waals surface area contributed by atoms with Gasteiger partial charge in [0.2, 0.25) is 0 Å². The van der Waals surface area contributed by atoms with Crippen molar-refractivity contribution in [3.05, 3.63) is 70.4 Å². The molecule has 112 valence electrons. The van der Waals surface area contributed by atoms with Gasteiger partial charge in [-0.25, -0.2) is 9.48 Å². The average molecular weight is 305 g/mol. The molecule has 0 aromatic heterocycles. The summed E-state index contributed by atoms with van der Waals surface area (Å²) in [6.45, 7) is 0. The lowest BCUT2D eigenvalue weighted by Crippen LogP contribution is -2.45. The van der Waals surface area contributed by atoms with Gasteiger partial charge in [-0.2, -0.15) is 4.99 Å². The van der Waals surface area contributed by atoms with Gasteiger partial charge < -0.3 is 0 Å². The van der Waals surface area contributed by atoms with Crippen LogP contribution in [0.2, 0.25) is 0 Å². The zero-order chi connectivity index (χ0) is 16.0. The monoisotopic (exact) mass is 305 g/mol. The van der Waals surface area contributed by atoms with Crippen LogP contribution in [0.5, 0.6) is 0 Å². The van der Waals surface area contributed by atoms with E-state index in [9.17, 15) is 10.1 Å². The molecule has 6 heteroatoms. The third-order valence-corrected chi connectivity index (χ3v) is 4.17. The molecule has 0 saturated carbocycles. The Balaban J connectivity index is 1.80. The van der Waals surface area contributed by atoms with E-state index in [0.717, 1.165) is 28.5 Å². The normalized spacial score (nSPS) is 21.3. The van der Waals surface area contributed by atoms with Crippen LogP contribution >= 0.6 is 0 Å². The van der Waals surface area contributed by atoms with Crippen molar-refractivity contribution in [3.8, 4) is 0 Å². The molecular weight excluding hydrogens is 292 g/mol. The lowest BCUT2D eigenvalue weighted by molar-refractivity contribution is -0.384. The van der Waals surface area contributed by atoms with Gasteiger partial charge in [0, 0.05) is 23.8 Å². The number of nitro benzene ring substituents is 1. The minimum Gasteiger partial charge on any atom is -0.258 e. The van der Waals surface area contributed by atoms with Crippen LogP contribution in [0, 0.1) is 10.1 Å². The summed E-state index contributed by atoms with van der Waals surface area (Å²) in [5.74, 6) is 0.831. The molecule has 2 aromatic rings. The van der Waals surface area contributed by atoms with Crippen molar-refractivity contribution in [1.82, 2.24) is 4.48 Å². The average Bonchev–Trinajstić information content (AvgIpc) is 2.93. The van der Waals surface area contributed by atoms with Crippen LogP contribution in [0.25, 0.3) is 5.70 Å². The number of hydrogen-bond donors (Lipinski definition) is 0. The maximum atomic E-state index is 10.8. The Morgan fingerprint density at radius 1 is 1.09 bits per heavy atom. The maximum Gasteiger partial charge on any atom is 0.269 e. The fourth-order valence-corrected chi connectivity index (χ4v) is 2.90. The van der Waals surface area contributed by atoms with Gasteiger partial charge in [-0.1, -0.05) is 12.1 Å². The fourth-order valence-electron chi connectivity index (χ4n) is 2.90. The van der Waals surface area contributed by atoms with Crippen molar-refractivity contribution < 1.29 is 4.92 Å². The van der Waals surface area contributed by atoms with E-state index in [1.165, 1.54) is 12.1 Å². The van der Waals surface area contributed by atoms with E-state index in [1.54, 1.807) is 18.3 Å². The number of amidine groups is 1. The lowest BCUT2D eigenvalue weighted by Gasteiger charge is -2.28. The van der Waals surface area contributed by atoms with E-state index < -0.39 is 4.92 Å². The Bertz CT molecular complexity index is 912. The predicted molar refractivity (Wildman–Crippen MR) is 90.8 cm³/mol. The summed E-state index contributed by atoms with van der Waals surface area (Å²) >= 11 is 0. The van der Waals surface area contributed by atoms with Crippen LogP contribution in [-0.4, -0.2) is 24.0 Å². The van der Waals surface area contributed by atoms with Gasteiger partial charge in [0.15, 0.2) is 5.69 Å². The quantitative estimate of drug-likeness (QED) is 0.483. The van der Waals surface area contributed by atoms with Gasteiger partial charge in [0.05, 0.1) is 12.0 Å². The van der Waals surface area contributed by atoms with E-state index in [-0.39, 0.29) is 5.69 Å². The molecule has 1 atom stereocenters. The molecule has 2 aliphatic heterocycles. The van der Waals surface area contributed by atoms with Crippen molar-refractivity contribution in [3.63, 3.8) is 0 Å². The van der Waals surface area contributed by atoms with Gasteiger partial charge >= 0.3 is 0 Å². The second-order valence-electron chi connectivity index (χ2n) is 5.61. The number of para-hydroxylation sites is 2. The van der Waals surface area contributed by atoms with E-state index in [0.29, 0.717) is 4.48 Å². The summed E-state index contributed by atoms with van der Waals surface area (Å²) < 4.78 is 0.450. The highest BCUT2D eigenvalue weighted by Gasteiger charge is 2.40. The number of fused-ring (bicyclic) bond motifs is 3. The fraction of sp³-hybridized carbons (Fsp3) is 0.0588. The van der Waals surface area contributed by atoms with Crippen LogP contribution in [0.3, 0.4) is 0 Å². The van der Waals surface area contributed by atoms with Crippen molar-refractivity contribution in [2.24, 2.45) is 9.98 Å². The van der Waals surface area contributed by atoms with E-state index in [1.807, 2.05) is 30.5 Å². The molecule has 2 aliphatic rings. The van der Waals surface area contributed by atoms with Crippen LogP contribution in [0.15, 0.2) is 64.7 Å². The summed E-state index contributed by atoms with van der Waals surface area (Å²) in [7, 11) is 2.06. The molecule has 0 aliphatic carbocycles. The smallest absolute Gasteiger partial charge is 0.258 e. The van der Waals surface area contributed by atoms with Crippen molar-refractivity contribution in [2.75, 3.05) is 7.05 Å². The first kappa shape index (κ1) is 13.5. The molecule has 0 amide bonds. The highest BCUT2D eigenvalue weighted by atomic mass is 16.6. The Morgan fingerprint density at radius 3 is 2.57 bits per heavy atom. The lowest BCUT2D eigenvalue weighted by atomic mass is 10.1. The van der Waals surface area contributed by atoms with E-state index in [4.69, 9.17) is 0 Å². The van der Waals surface area contributed by atoms with E-state index in [2.05, 4.69) is 17.0 Å². The molecule has 0 bridgehead atoms. The number of nitrogens with zero attached hydrogens (tertiary/aromatic N) is 4. The van der Waals surface area contributed by atoms with E-state index >= 15 is 0 Å². The molecule has 6 nitrogen and oxygen atoms in total. The minimum absolute atomic E-state index is 0.0741. The predicted octanol–water partition coefficient (Wildman–Crippen LogP) is 3.66. The zero-order valence-electron chi connectivity index (χ0n) is 12.4. The van der Waals surface area contributed by atoms with Crippen LogP contribution in [0.4, 0.5) is 17.1 Å². The largest absolute Gasteiger partial charge is 0.269 e. The molecule has 0 spiro atoms. The Labute approximate surface area is 132 Å². The van der Waals surface area contributed by atoms with Crippen molar-refractivity contribution in [2.45, 2.75) is 0 Å². The molecule has 2 aromatic carbocycles. The third-order valence-electron chi connectivity index (χ3n) is 4.17. The summed E-state index contributed by atoms with van der Waals surface area (Å²) in [5.41, 5.74) is 3.70. The maximum absolute atomic E-state index is 10.8. The molecule has 0 N–H and O–H groups in total. The second kappa shape index (κ2) is 4.69. The van der Waals surface area contributed by atoms with Gasteiger partial charge in [0.1, 0.15) is 23.8 Å². The summed E-state index contributed by atoms with van der Waals surface area (Å²) in [5, 5.41) is 10.8. The molecule has 1 unspecified atom stereocenters. The number of nitro groups is 1. The first-order valence-electron chi connectivity index (χ1n) is 7.15. The topological polar surface area (TPSA) is 67.9 Å². The van der Waals surface area contributed by atoms with Crippen molar-refractivity contribution in [1.29, 1.82) is 0 Å². The van der Waals surface area contributed by atoms with Crippen LogP contribution in [-0.2, 0) is 0 Å². The first-order chi connectivity index (χ1) is 11.1. The molecule has 0 fully saturated rings. The Hall–Kier alpha value is -3.12. The number of non-ortho nitro benzene ring substituents is 1. The minimum atomic E-state index is -0.404. The standard InChI is InChI=1S/C17H13N4O2/c1-21-11-15(12-6-8-13(9-7-12)20(22)23)19-17(21)10-18-14-4-2-3-5-16(14)21/h2-11H,1H3/q+1. The van der Waals surface area contributed by atoms with Gasteiger partial charge in [-0.05, 0) is 18.2 Å². The molecule has 4 rings (SSSR count). The zero-order valence-corrected chi connectivity index (χ0v) is 12.4. The van der Waals surface area contributed by atoms with Crippen LogP contribution in [0.1, 0.15) is 5.56 Å². The number of rotatable bonds is 2. The highest BCUT2D eigenvalue weighted by molar-refractivity contribution is 6.38. The first-order valence-corrected chi connectivity index (χ1v) is 7.15. The summed E-state index contributed by atoms with van der Waals surface area (Å²) in [4.78, 5) is 19.5. The Kier molecular flexibility index (Phi) is 2.76. The van der Waals surface area contributed by atoms with Crippen molar-refractivity contribution >= 4 is 34.8 Å². The summed E-state index contributed by atoms with van der Waals surface area (Å²) in [6.07, 6.45) is 3.82. The van der Waals surface area contributed by atoms with Gasteiger partial charge in [-0.15, -0.1) is 0 Å². The number of hydrogen-bond acceptors (Lipinski definition) is 4. The number of quaternary nitrogens is 1. The SMILES string of the molecule is C[N+]12C=C(c3ccc([N+](=O)[O-])cc3)N=C1C=Nc1ccccc12. The number of aliphatic imine (C=N–C) groups is 2. The molecule has 0 radical (unpaired) electrons. The summed E-state index contributed by atoms with van der Waals surface area (Å²) in [6, 6.07) is 14.4. The Morgan fingerprint density at radius 2 is 1.83 bits per heavy atom. The van der Waals surface area contributed by atoms with Crippen LogP contribution < -0.4 is 4.48 Å². The number of benzene rings is 2. The molecular formula is C17H13N4O2+. The van der Waals surface area contributed by atoms with Gasteiger partial charge in [0.25, 0.3) is 11.5 Å². The molecule has 2 heterocycles.